The van der Waals surface area contributed by atoms with Crippen molar-refractivity contribution < 1.29 is 28.6 Å². The molecule has 1 fully saturated rings. The fourth-order valence-electron chi connectivity index (χ4n) is 4.04. The number of benzene rings is 1. The number of hydrogen-bond donors (Lipinski definition) is 1. The summed E-state index contributed by atoms with van der Waals surface area (Å²) in [4.78, 5) is 29.9. The maximum Gasteiger partial charge on any atom is 0.409 e. The monoisotopic (exact) mass is 430 g/mol. The second kappa shape index (κ2) is 10.3. The summed E-state index contributed by atoms with van der Waals surface area (Å²) in [5.41, 5.74) is 1.60. The van der Waals surface area contributed by atoms with Gasteiger partial charge in [0.25, 0.3) is 0 Å². The van der Waals surface area contributed by atoms with Crippen molar-refractivity contribution in [3.8, 4) is 17.2 Å². The molecule has 168 valence electrons. The van der Waals surface area contributed by atoms with E-state index >= 15 is 0 Å². The van der Waals surface area contributed by atoms with E-state index in [9.17, 15) is 14.7 Å². The van der Waals surface area contributed by atoms with Gasteiger partial charge in [-0.2, -0.15) is 0 Å². The molecule has 1 aromatic carbocycles. The molecule has 31 heavy (non-hydrogen) atoms. The summed E-state index contributed by atoms with van der Waals surface area (Å²) in [6, 6.07) is 7.45. The summed E-state index contributed by atoms with van der Waals surface area (Å²) in [6.07, 6.45) is 2.09. The molecule has 2 heterocycles. The lowest BCUT2D eigenvalue weighted by molar-refractivity contribution is -0.144. The van der Waals surface area contributed by atoms with Crippen LogP contribution in [0.25, 0.3) is 11.5 Å². The van der Waals surface area contributed by atoms with Crippen LogP contribution in [0, 0.1) is 18.8 Å². The molecule has 2 aromatic rings. The molecular weight excluding hydrogens is 400 g/mol. The number of aryl methyl sites for hydroxylation is 1. The molecule has 1 unspecified atom stereocenters. The zero-order valence-electron chi connectivity index (χ0n) is 18.3. The molecule has 0 radical (unpaired) electrons. The Labute approximate surface area is 182 Å². The second-order valence-corrected chi connectivity index (χ2v) is 7.79. The van der Waals surface area contributed by atoms with Crippen LogP contribution in [0.5, 0.6) is 5.75 Å². The molecular formula is C23H30N2O6. The van der Waals surface area contributed by atoms with Crippen molar-refractivity contribution in [1.29, 1.82) is 0 Å². The van der Waals surface area contributed by atoms with Crippen LogP contribution in [-0.2, 0) is 16.0 Å². The number of methoxy groups -OCH3 is 1. The quantitative estimate of drug-likeness (QED) is 0.671. The van der Waals surface area contributed by atoms with Gasteiger partial charge >= 0.3 is 12.1 Å². The highest BCUT2D eigenvalue weighted by atomic mass is 16.6. The van der Waals surface area contributed by atoms with Crippen molar-refractivity contribution in [2.75, 3.05) is 26.8 Å². The molecule has 0 bridgehead atoms. The molecule has 3 rings (SSSR count). The zero-order valence-corrected chi connectivity index (χ0v) is 18.3. The Bertz CT molecular complexity index is 884. The van der Waals surface area contributed by atoms with Crippen LogP contribution in [0.1, 0.15) is 37.6 Å². The highest BCUT2D eigenvalue weighted by Gasteiger charge is 2.31. The van der Waals surface area contributed by atoms with E-state index in [1.807, 2.05) is 38.1 Å². The minimum absolute atomic E-state index is 0.112. The maximum absolute atomic E-state index is 12.4. The molecule has 1 aliphatic heterocycles. The average molecular weight is 431 g/mol. The summed E-state index contributed by atoms with van der Waals surface area (Å²) < 4.78 is 16.4. The normalized spacial score (nSPS) is 15.5. The van der Waals surface area contributed by atoms with Crippen molar-refractivity contribution >= 4 is 12.1 Å². The first-order valence-corrected chi connectivity index (χ1v) is 10.7. The number of carbonyl (C=O) groups is 2. The van der Waals surface area contributed by atoms with E-state index in [1.54, 1.807) is 12.0 Å². The number of likely N-dealkylation sites (tertiary alicyclic amines) is 1. The SMILES string of the molecule is CCC(C(=O)O)C1CCN(C(=O)OCCc2nc(-c3ccc(OC)cc3)oc2C)CC1. The summed E-state index contributed by atoms with van der Waals surface area (Å²) in [7, 11) is 1.61. The smallest absolute Gasteiger partial charge is 0.409 e. The first-order valence-electron chi connectivity index (χ1n) is 10.7. The fourth-order valence-corrected chi connectivity index (χ4v) is 4.04. The standard InChI is InChI=1S/C23H30N2O6/c1-4-19(22(26)27)16-9-12-25(13-10-16)23(28)30-14-11-20-15(2)31-21(24-20)17-5-7-18(29-3)8-6-17/h5-8,16,19H,4,9-14H2,1-3H3,(H,26,27). The number of rotatable bonds is 8. The van der Waals surface area contributed by atoms with Crippen molar-refractivity contribution in [2.24, 2.45) is 11.8 Å². The maximum atomic E-state index is 12.4. The van der Waals surface area contributed by atoms with Crippen molar-refractivity contribution in [2.45, 2.75) is 39.5 Å². The lowest BCUT2D eigenvalue weighted by Gasteiger charge is -2.33. The highest BCUT2D eigenvalue weighted by molar-refractivity contribution is 5.70. The third kappa shape index (κ3) is 5.57. The molecule has 1 saturated heterocycles. The second-order valence-electron chi connectivity index (χ2n) is 7.79. The Kier molecular flexibility index (Phi) is 7.55. The van der Waals surface area contributed by atoms with E-state index in [2.05, 4.69) is 4.98 Å². The largest absolute Gasteiger partial charge is 0.497 e. The zero-order chi connectivity index (χ0) is 22.4. The number of ether oxygens (including phenoxy) is 2. The van der Waals surface area contributed by atoms with E-state index in [4.69, 9.17) is 13.9 Å². The lowest BCUT2D eigenvalue weighted by atomic mass is 9.83. The molecule has 1 atom stereocenters. The van der Waals surface area contributed by atoms with E-state index in [-0.39, 0.29) is 24.5 Å². The third-order valence-corrected chi connectivity index (χ3v) is 5.92. The van der Waals surface area contributed by atoms with Crippen LogP contribution < -0.4 is 4.74 Å². The number of nitrogens with zero attached hydrogens (tertiary/aromatic N) is 2. The number of carbonyl (C=O) groups excluding carboxylic acids is 1. The van der Waals surface area contributed by atoms with Crippen LogP contribution in [0.2, 0.25) is 0 Å². The van der Waals surface area contributed by atoms with Gasteiger partial charge in [-0.15, -0.1) is 0 Å². The first kappa shape index (κ1) is 22.7. The fraction of sp³-hybridized carbons (Fsp3) is 0.522. The van der Waals surface area contributed by atoms with Gasteiger partial charge in [-0.3, -0.25) is 4.79 Å². The van der Waals surface area contributed by atoms with Crippen LogP contribution in [0.3, 0.4) is 0 Å². The van der Waals surface area contributed by atoms with Crippen LogP contribution >= 0.6 is 0 Å². The molecule has 8 nitrogen and oxygen atoms in total. The Morgan fingerprint density at radius 2 is 1.94 bits per heavy atom. The van der Waals surface area contributed by atoms with Gasteiger partial charge in [-0.1, -0.05) is 6.92 Å². The number of aliphatic carboxylic acids is 1. The van der Waals surface area contributed by atoms with Crippen LogP contribution in [-0.4, -0.2) is 53.9 Å². The molecule has 0 spiro atoms. The third-order valence-electron chi connectivity index (χ3n) is 5.92. The van der Waals surface area contributed by atoms with Gasteiger partial charge in [-0.05, 0) is 56.4 Å². The Balaban J connectivity index is 1.47. The summed E-state index contributed by atoms with van der Waals surface area (Å²) in [6.45, 7) is 5.00. The topological polar surface area (TPSA) is 102 Å². The minimum Gasteiger partial charge on any atom is -0.497 e. The molecule has 1 N–H and O–H groups in total. The highest BCUT2D eigenvalue weighted by Crippen LogP contribution is 2.28. The Morgan fingerprint density at radius 1 is 1.26 bits per heavy atom. The van der Waals surface area contributed by atoms with E-state index in [0.717, 1.165) is 17.0 Å². The lowest BCUT2D eigenvalue weighted by Crippen LogP contribution is -2.41. The van der Waals surface area contributed by atoms with Crippen LogP contribution in [0.4, 0.5) is 4.79 Å². The number of oxazole rings is 1. The van der Waals surface area contributed by atoms with Gasteiger partial charge in [-0.25, -0.2) is 9.78 Å². The number of aromatic nitrogens is 1. The van der Waals surface area contributed by atoms with Gasteiger partial charge in [0.05, 0.1) is 25.3 Å². The molecule has 1 aliphatic rings. The predicted molar refractivity (Wildman–Crippen MR) is 114 cm³/mol. The average Bonchev–Trinajstić information content (AvgIpc) is 3.15. The van der Waals surface area contributed by atoms with E-state index < -0.39 is 5.97 Å². The number of carboxylic acid groups (broad SMARTS) is 1. The summed E-state index contributed by atoms with van der Waals surface area (Å²) >= 11 is 0. The van der Waals surface area contributed by atoms with Crippen LogP contribution in [0.15, 0.2) is 28.7 Å². The first-order chi connectivity index (χ1) is 14.9. The molecule has 1 aromatic heterocycles. The predicted octanol–water partition coefficient (Wildman–Crippen LogP) is 4.16. The summed E-state index contributed by atoms with van der Waals surface area (Å²) in [5, 5.41) is 9.32. The minimum atomic E-state index is -0.750. The van der Waals surface area contributed by atoms with Crippen molar-refractivity contribution in [3.63, 3.8) is 0 Å². The van der Waals surface area contributed by atoms with Gasteiger partial charge < -0.3 is 23.9 Å². The van der Waals surface area contributed by atoms with E-state index in [1.165, 1.54) is 0 Å². The Hall–Kier alpha value is -3.03. The molecule has 0 aliphatic carbocycles. The number of hydrogen-bond acceptors (Lipinski definition) is 6. The van der Waals surface area contributed by atoms with Gasteiger partial charge in [0, 0.05) is 25.1 Å². The van der Waals surface area contributed by atoms with Crippen molar-refractivity contribution in [3.05, 3.63) is 35.7 Å². The van der Waals surface area contributed by atoms with E-state index in [0.29, 0.717) is 50.4 Å². The molecule has 8 heteroatoms. The van der Waals surface area contributed by atoms with Gasteiger partial charge in [0.2, 0.25) is 5.89 Å². The molecule has 1 amide bonds. The Morgan fingerprint density at radius 3 is 2.52 bits per heavy atom. The number of amides is 1. The number of carboxylic acids is 1. The summed E-state index contributed by atoms with van der Waals surface area (Å²) in [5.74, 6) is 1.00. The van der Waals surface area contributed by atoms with Crippen molar-refractivity contribution in [1.82, 2.24) is 9.88 Å². The molecule has 0 saturated carbocycles. The van der Waals surface area contributed by atoms with Gasteiger partial charge in [0.1, 0.15) is 11.5 Å². The number of piperidine rings is 1. The van der Waals surface area contributed by atoms with Gasteiger partial charge in [0.15, 0.2) is 0 Å².